The molecule has 11 rings (SSSR count). The van der Waals surface area contributed by atoms with Crippen molar-refractivity contribution in [3.8, 4) is 0 Å². The Morgan fingerprint density at radius 2 is 0.700 bits per heavy atom. The molecular formula is C29H18O. The van der Waals surface area contributed by atoms with Gasteiger partial charge in [0.2, 0.25) is 0 Å². The molecule has 0 amide bonds. The summed E-state index contributed by atoms with van der Waals surface area (Å²) in [4.78, 5) is 14.4. The van der Waals surface area contributed by atoms with Gasteiger partial charge in [-0.15, -0.1) is 0 Å². The zero-order valence-electron chi connectivity index (χ0n) is 16.3. The maximum atomic E-state index is 14.4. The Morgan fingerprint density at radius 1 is 0.433 bits per heavy atom. The van der Waals surface area contributed by atoms with Gasteiger partial charge in [0.25, 0.3) is 0 Å². The molecule has 2 spiro atoms. The number of Topliss-reactive ketones (excluding diaryl/α,β-unsaturated/α-hetero) is 1. The number of carbonyl (C=O) groups is 1. The highest BCUT2D eigenvalue weighted by atomic mass is 16.1. The molecule has 0 saturated heterocycles. The van der Waals surface area contributed by atoms with Crippen molar-refractivity contribution in [1.82, 2.24) is 0 Å². The van der Waals surface area contributed by atoms with Crippen LogP contribution in [-0.2, 0) is 15.6 Å². The molecule has 1 nitrogen and oxygen atoms in total. The highest BCUT2D eigenvalue weighted by Gasteiger charge is 2.84. The summed E-state index contributed by atoms with van der Waals surface area (Å²) in [5.74, 6) is 0.780. The van der Waals surface area contributed by atoms with E-state index in [0.29, 0.717) is 5.78 Å². The van der Waals surface area contributed by atoms with E-state index in [4.69, 9.17) is 0 Å². The summed E-state index contributed by atoms with van der Waals surface area (Å²) in [6.45, 7) is 0. The molecule has 4 aromatic rings. The summed E-state index contributed by atoms with van der Waals surface area (Å²) >= 11 is 0. The first kappa shape index (κ1) is 15.4. The molecule has 1 saturated carbocycles. The average Bonchev–Trinajstić information content (AvgIpc) is 3.32. The van der Waals surface area contributed by atoms with Crippen molar-refractivity contribution >= 4 is 5.78 Å². The van der Waals surface area contributed by atoms with Crippen molar-refractivity contribution in [2.24, 2.45) is 0 Å². The van der Waals surface area contributed by atoms with Crippen molar-refractivity contribution < 1.29 is 4.79 Å². The molecule has 0 N–H and O–H groups in total. The lowest BCUT2D eigenvalue weighted by Gasteiger charge is -2.48. The minimum Gasteiger partial charge on any atom is -0.297 e. The molecule has 140 valence electrons. The summed E-state index contributed by atoms with van der Waals surface area (Å²) in [6.07, 6.45) is 0. The number of hydrogen-bond acceptors (Lipinski definition) is 1. The standard InChI is InChI=1S/C29H18O/c30-27-28-21-13-5-1-9-17(21)25(18-10-2-6-14-22(18)28)26-19-11-3-7-15-23(19)29(27,28)24-16-8-4-12-20(24)26/h1-16,25-26H. The zero-order valence-corrected chi connectivity index (χ0v) is 16.3. The van der Waals surface area contributed by atoms with Crippen LogP contribution >= 0.6 is 0 Å². The molecule has 1 fully saturated rings. The van der Waals surface area contributed by atoms with E-state index >= 15 is 0 Å². The molecule has 0 heterocycles. The number of rotatable bonds is 0. The summed E-state index contributed by atoms with van der Waals surface area (Å²) < 4.78 is 0. The van der Waals surface area contributed by atoms with E-state index in [1.807, 2.05) is 0 Å². The first-order valence-electron chi connectivity index (χ1n) is 10.8. The quantitative estimate of drug-likeness (QED) is 0.395. The summed E-state index contributed by atoms with van der Waals surface area (Å²) in [7, 11) is 0. The molecule has 7 aliphatic rings. The predicted molar refractivity (Wildman–Crippen MR) is 116 cm³/mol. The molecule has 4 aromatic carbocycles. The average molecular weight is 382 g/mol. The molecule has 0 aliphatic heterocycles. The summed E-state index contributed by atoms with van der Waals surface area (Å²) in [6, 6.07) is 34.9. The van der Waals surface area contributed by atoms with Gasteiger partial charge in [-0.05, 0) is 44.5 Å². The van der Waals surface area contributed by atoms with E-state index in [0.717, 1.165) is 0 Å². The van der Waals surface area contributed by atoms with Gasteiger partial charge in [-0.2, -0.15) is 0 Å². The Hall–Kier alpha value is -3.45. The molecule has 30 heavy (non-hydrogen) atoms. The first-order chi connectivity index (χ1) is 14.8. The minimum atomic E-state index is -0.617. The maximum absolute atomic E-state index is 14.4. The third-order valence-electron chi connectivity index (χ3n) is 8.31. The lowest BCUT2D eigenvalue weighted by Crippen LogP contribution is -2.41. The van der Waals surface area contributed by atoms with E-state index in [2.05, 4.69) is 97.1 Å². The van der Waals surface area contributed by atoms with Crippen molar-refractivity contribution in [3.05, 3.63) is 142 Å². The van der Waals surface area contributed by atoms with Crippen LogP contribution in [0.1, 0.15) is 56.3 Å². The highest BCUT2D eigenvalue weighted by molar-refractivity contribution is 6.26. The van der Waals surface area contributed by atoms with Gasteiger partial charge in [0.1, 0.15) is 10.8 Å². The van der Waals surface area contributed by atoms with Crippen molar-refractivity contribution in [2.75, 3.05) is 0 Å². The fraction of sp³-hybridized carbons (Fsp3) is 0.138. The van der Waals surface area contributed by atoms with Crippen LogP contribution in [0.4, 0.5) is 0 Å². The molecule has 7 aliphatic carbocycles. The molecule has 0 aromatic heterocycles. The van der Waals surface area contributed by atoms with Gasteiger partial charge in [-0.1, -0.05) is 97.1 Å². The summed E-state index contributed by atoms with van der Waals surface area (Å²) in [5.41, 5.74) is 9.02. The Bertz CT molecular complexity index is 1240. The van der Waals surface area contributed by atoms with Crippen LogP contribution in [0.25, 0.3) is 0 Å². The lowest BCUT2D eigenvalue weighted by atomic mass is 9.53. The molecular weight excluding hydrogens is 364 g/mol. The van der Waals surface area contributed by atoms with Crippen LogP contribution in [0.3, 0.4) is 0 Å². The fourth-order valence-electron chi connectivity index (χ4n) is 7.46. The number of benzene rings is 4. The van der Waals surface area contributed by atoms with Crippen molar-refractivity contribution in [2.45, 2.75) is 22.7 Å². The van der Waals surface area contributed by atoms with E-state index in [1.54, 1.807) is 0 Å². The first-order valence-corrected chi connectivity index (χ1v) is 10.8. The van der Waals surface area contributed by atoms with Gasteiger partial charge in [0.05, 0.1) is 0 Å². The van der Waals surface area contributed by atoms with E-state index in [1.165, 1.54) is 44.5 Å². The van der Waals surface area contributed by atoms with Gasteiger partial charge < -0.3 is 0 Å². The second kappa shape index (κ2) is 4.65. The third-order valence-corrected chi connectivity index (χ3v) is 8.31. The molecule has 4 bridgehead atoms. The molecule has 1 heteroatoms. The third kappa shape index (κ3) is 1.27. The number of carbonyl (C=O) groups excluding carboxylic acids is 1. The SMILES string of the molecule is O=C1C23c4ccccc4C(c4ccccc42)C2c4ccccc4C13c1ccccc12. The van der Waals surface area contributed by atoms with Crippen LogP contribution in [0.15, 0.2) is 97.1 Å². The summed E-state index contributed by atoms with van der Waals surface area (Å²) in [5, 5.41) is 0. The van der Waals surface area contributed by atoms with Crippen LogP contribution < -0.4 is 0 Å². The van der Waals surface area contributed by atoms with Gasteiger partial charge in [0, 0.05) is 11.8 Å². The normalized spacial score (nSPS) is 30.3. The fourth-order valence-corrected chi connectivity index (χ4v) is 7.46. The second-order valence-corrected chi connectivity index (χ2v) is 9.13. The van der Waals surface area contributed by atoms with Crippen LogP contribution in [0.5, 0.6) is 0 Å². The lowest BCUT2D eigenvalue weighted by molar-refractivity contribution is -0.112. The Balaban J connectivity index is 1.69. The Labute approximate surface area is 175 Å². The molecule has 0 atom stereocenters. The smallest absolute Gasteiger partial charge is 0.166 e. The maximum Gasteiger partial charge on any atom is 0.166 e. The largest absolute Gasteiger partial charge is 0.297 e. The molecule has 0 radical (unpaired) electrons. The Kier molecular flexibility index (Phi) is 2.39. The van der Waals surface area contributed by atoms with Crippen molar-refractivity contribution in [3.63, 3.8) is 0 Å². The van der Waals surface area contributed by atoms with Crippen LogP contribution in [0.2, 0.25) is 0 Å². The van der Waals surface area contributed by atoms with Gasteiger partial charge in [-0.25, -0.2) is 0 Å². The Morgan fingerprint density at radius 3 is 1.00 bits per heavy atom. The molecule has 0 unspecified atom stereocenters. The van der Waals surface area contributed by atoms with Gasteiger partial charge in [-0.3, -0.25) is 4.79 Å². The van der Waals surface area contributed by atoms with E-state index in [-0.39, 0.29) is 11.8 Å². The number of ketones is 1. The predicted octanol–water partition coefficient (Wildman–Crippen LogP) is 5.45. The zero-order chi connectivity index (χ0) is 19.7. The van der Waals surface area contributed by atoms with Crippen LogP contribution in [-0.4, -0.2) is 5.78 Å². The van der Waals surface area contributed by atoms with Gasteiger partial charge in [0.15, 0.2) is 5.78 Å². The monoisotopic (exact) mass is 382 g/mol. The highest BCUT2D eigenvalue weighted by Crippen LogP contribution is 2.78. The van der Waals surface area contributed by atoms with E-state index < -0.39 is 10.8 Å². The topological polar surface area (TPSA) is 17.1 Å². The van der Waals surface area contributed by atoms with Crippen LogP contribution in [0, 0.1) is 0 Å². The van der Waals surface area contributed by atoms with Gasteiger partial charge >= 0.3 is 0 Å². The minimum absolute atomic E-state index is 0.219. The van der Waals surface area contributed by atoms with E-state index in [9.17, 15) is 4.79 Å². The van der Waals surface area contributed by atoms with Crippen molar-refractivity contribution in [1.29, 1.82) is 0 Å². The second-order valence-electron chi connectivity index (χ2n) is 9.13. The number of hydrogen-bond donors (Lipinski definition) is 0.